The number of piperazine rings is 1. The van der Waals surface area contributed by atoms with Gasteiger partial charge in [-0.1, -0.05) is 24.3 Å². The average Bonchev–Trinajstić information content (AvgIpc) is 3.04. The summed E-state index contributed by atoms with van der Waals surface area (Å²) in [5.74, 6) is 0.671. The van der Waals surface area contributed by atoms with Crippen LogP contribution in [0.2, 0.25) is 0 Å². The number of hydrogen-bond donors (Lipinski definition) is 0. The van der Waals surface area contributed by atoms with Crippen molar-refractivity contribution in [3.05, 3.63) is 60.0 Å². The molecule has 26 heavy (non-hydrogen) atoms. The third kappa shape index (κ3) is 3.38. The van der Waals surface area contributed by atoms with Crippen LogP contribution < -0.4 is 0 Å². The summed E-state index contributed by atoms with van der Waals surface area (Å²) >= 11 is 0. The van der Waals surface area contributed by atoms with Gasteiger partial charge in [0.1, 0.15) is 5.52 Å². The monoisotopic (exact) mass is 371 g/mol. The van der Waals surface area contributed by atoms with Crippen molar-refractivity contribution in [3.63, 3.8) is 0 Å². The zero-order valence-electron chi connectivity index (χ0n) is 14.6. The lowest BCUT2D eigenvalue weighted by atomic mass is 10.2. The van der Waals surface area contributed by atoms with E-state index in [1.165, 1.54) is 0 Å². The van der Waals surface area contributed by atoms with Crippen LogP contribution in [0.1, 0.15) is 11.5 Å². The second-order valence-electron chi connectivity index (χ2n) is 6.57. The van der Waals surface area contributed by atoms with E-state index >= 15 is 0 Å². The molecule has 7 heteroatoms. The fourth-order valence-corrected chi connectivity index (χ4v) is 4.66. The molecule has 136 valence electrons. The van der Waals surface area contributed by atoms with Crippen LogP contribution in [0.3, 0.4) is 0 Å². The Morgan fingerprint density at radius 1 is 1.04 bits per heavy atom. The van der Waals surface area contributed by atoms with E-state index in [2.05, 4.69) is 9.88 Å². The van der Waals surface area contributed by atoms with Gasteiger partial charge in [0.15, 0.2) is 5.58 Å². The molecule has 0 spiro atoms. The first kappa shape index (κ1) is 17.2. The van der Waals surface area contributed by atoms with Crippen LogP contribution >= 0.6 is 0 Å². The second-order valence-corrected chi connectivity index (χ2v) is 8.51. The van der Waals surface area contributed by atoms with Crippen LogP contribution in [0, 0.1) is 6.92 Å². The topological polar surface area (TPSA) is 66.7 Å². The van der Waals surface area contributed by atoms with Crippen LogP contribution in [0.4, 0.5) is 0 Å². The van der Waals surface area contributed by atoms with Crippen LogP contribution in [0.5, 0.6) is 0 Å². The third-order valence-corrected chi connectivity index (χ3v) is 6.57. The second kappa shape index (κ2) is 6.83. The van der Waals surface area contributed by atoms with Gasteiger partial charge in [-0.05, 0) is 36.8 Å². The van der Waals surface area contributed by atoms with E-state index in [0.29, 0.717) is 43.5 Å². The number of hydrogen-bond acceptors (Lipinski definition) is 5. The Morgan fingerprint density at radius 3 is 2.50 bits per heavy atom. The molecule has 2 aromatic carbocycles. The van der Waals surface area contributed by atoms with Crippen molar-refractivity contribution in [2.45, 2.75) is 18.4 Å². The molecule has 0 unspecified atom stereocenters. The quantitative estimate of drug-likeness (QED) is 0.705. The number of nitrogens with zero attached hydrogens (tertiary/aromatic N) is 3. The number of aromatic nitrogens is 1. The number of benzene rings is 2. The van der Waals surface area contributed by atoms with E-state index in [-0.39, 0.29) is 0 Å². The van der Waals surface area contributed by atoms with Crippen molar-refractivity contribution in [1.82, 2.24) is 14.2 Å². The van der Waals surface area contributed by atoms with Crippen molar-refractivity contribution in [2.75, 3.05) is 26.2 Å². The molecule has 4 rings (SSSR count). The van der Waals surface area contributed by atoms with Gasteiger partial charge in [0, 0.05) is 26.2 Å². The lowest BCUT2D eigenvalue weighted by Gasteiger charge is -2.33. The predicted molar refractivity (Wildman–Crippen MR) is 99.2 cm³/mol. The van der Waals surface area contributed by atoms with Crippen molar-refractivity contribution in [1.29, 1.82) is 0 Å². The minimum atomic E-state index is -3.42. The maximum atomic E-state index is 12.7. The van der Waals surface area contributed by atoms with Crippen LogP contribution in [0.15, 0.2) is 57.8 Å². The van der Waals surface area contributed by atoms with Gasteiger partial charge in [-0.15, -0.1) is 0 Å². The molecule has 6 nitrogen and oxygen atoms in total. The van der Waals surface area contributed by atoms with Gasteiger partial charge in [-0.25, -0.2) is 13.4 Å². The summed E-state index contributed by atoms with van der Waals surface area (Å²) < 4.78 is 32.7. The van der Waals surface area contributed by atoms with E-state index < -0.39 is 10.0 Å². The molecule has 0 radical (unpaired) electrons. The van der Waals surface area contributed by atoms with Crippen LogP contribution in [-0.4, -0.2) is 48.8 Å². The van der Waals surface area contributed by atoms with Gasteiger partial charge in [0.2, 0.25) is 15.9 Å². The highest BCUT2D eigenvalue weighted by Crippen LogP contribution is 2.20. The number of sulfonamides is 1. The summed E-state index contributed by atoms with van der Waals surface area (Å²) in [6.45, 7) is 4.87. The SMILES string of the molecule is Cc1ccc2oc(CN3CCN(S(=O)(=O)c4ccccc4)CC3)nc2c1. The van der Waals surface area contributed by atoms with Gasteiger partial charge in [0.25, 0.3) is 0 Å². The zero-order valence-corrected chi connectivity index (χ0v) is 15.4. The molecule has 0 saturated carbocycles. The fraction of sp³-hybridized carbons (Fsp3) is 0.316. The highest BCUT2D eigenvalue weighted by atomic mass is 32.2. The third-order valence-electron chi connectivity index (χ3n) is 4.66. The molecule has 0 amide bonds. The fourth-order valence-electron chi connectivity index (χ4n) is 3.21. The highest BCUT2D eigenvalue weighted by Gasteiger charge is 2.28. The molecule has 1 aliphatic rings. The van der Waals surface area contributed by atoms with Crippen molar-refractivity contribution in [2.24, 2.45) is 0 Å². The minimum Gasteiger partial charge on any atom is -0.439 e. The van der Waals surface area contributed by atoms with Gasteiger partial charge < -0.3 is 4.42 Å². The van der Waals surface area contributed by atoms with Crippen LogP contribution in [0.25, 0.3) is 11.1 Å². The minimum absolute atomic E-state index is 0.350. The largest absolute Gasteiger partial charge is 0.439 e. The molecule has 0 bridgehead atoms. The van der Waals surface area contributed by atoms with Gasteiger partial charge >= 0.3 is 0 Å². The molecule has 1 aliphatic heterocycles. The first-order valence-electron chi connectivity index (χ1n) is 8.66. The molecule has 0 N–H and O–H groups in total. The summed E-state index contributed by atoms with van der Waals surface area (Å²) in [7, 11) is -3.42. The Hall–Kier alpha value is -2.22. The Kier molecular flexibility index (Phi) is 4.52. The van der Waals surface area contributed by atoms with Gasteiger partial charge in [0.05, 0.1) is 11.4 Å². The summed E-state index contributed by atoms with van der Waals surface area (Å²) in [6, 6.07) is 14.5. The molecule has 3 aromatic rings. The Morgan fingerprint density at radius 2 is 1.77 bits per heavy atom. The molecule has 2 heterocycles. The van der Waals surface area contributed by atoms with Crippen LogP contribution in [-0.2, 0) is 16.6 Å². The number of oxazole rings is 1. The average molecular weight is 371 g/mol. The van der Waals surface area contributed by atoms with E-state index in [4.69, 9.17) is 4.42 Å². The first-order chi connectivity index (χ1) is 12.5. The van der Waals surface area contributed by atoms with E-state index in [1.54, 1.807) is 28.6 Å². The maximum Gasteiger partial charge on any atom is 0.243 e. The zero-order chi connectivity index (χ0) is 18.1. The predicted octanol–water partition coefficient (Wildman–Crippen LogP) is 2.64. The summed E-state index contributed by atoms with van der Waals surface area (Å²) in [5.41, 5.74) is 2.80. The van der Waals surface area contributed by atoms with Crippen molar-refractivity contribution < 1.29 is 12.8 Å². The summed E-state index contributed by atoms with van der Waals surface area (Å²) in [4.78, 5) is 7.07. The lowest BCUT2D eigenvalue weighted by Crippen LogP contribution is -2.48. The molecule has 0 atom stereocenters. The Balaban J connectivity index is 1.41. The lowest BCUT2D eigenvalue weighted by molar-refractivity contribution is 0.169. The Bertz CT molecular complexity index is 1010. The highest BCUT2D eigenvalue weighted by molar-refractivity contribution is 7.89. The smallest absolute Gasteiger partial charge is 0.243 e. The molecule has 0 aliphatic carbocycles. The standard InChI is InChI=1S/C19H21N3O3S/c1-15-7-8-18-17(13-15)20-19(25-18)14-21-9-11-22(12-10-21)26(23,24)16-5-3-2-4-6-16/h2-8,13H,9-12,14H2,1H3. The number of fused-ring (bicyclic) bond motifs is 1. The number of rotatable bonds is 4. The van der Waals surface area contributed by atoms with Crippen molar-refractivity contribution in [3.8, 4) is 0 Å². The number of aryl methyl sites for hydroxylation is 1. The molecule has 1 fully saturated rings. The first-order valence-corrected chi connectivity index (χ1v) is 10.1. The molecule has 1 saturated heterocycles. The molecule has 1 aromatic heterocycles. The van der Waals surface area contributed by atoms with E-state index in [9.17, 15) is 8.42 Å². The maximum absolute atomic E-state index is 12.7. The molecular formula is C19H21N3O3S. The van der Waals surface area contributed by atoms with Crippen molar-refractivity contribution >= 4 is 21.1 Å². The summed E-state index contributed by atoms with van der Waals surface area (Å²) in [5, 5.41) is 0. The van der Waals surface area contributed by atoms with E-state index in [0.717, 1.165) is 16.7 Å². The van der Waals surface area contributed by atoms with Gasteiger partial charge in [-0.2, -0.15) is 4.31 Å². The molecular weight excluding hydrogens is 350 g/mol. The van der Waals surface area contributed by atoms with Gasteiger partial charge in [-0.3, -0.25) is 4.90 Å². The summed E-state index contributed by atoms with van der Waals surface area (Å²) in [6.07, 6.45) is 0. The normalized spacial score (nSPS) is 17.0. The van der Waals surface area contributed by atoms with E-state index in [1.807, 2.05) is 31.2 Å². The Labute approximate surface area is 153 Å².